The third kappa shape index (κ3) is 5.21. The molecule has 12 heteroatoms. The van der Waals surface area contributed by atoms with Crippen molar-refractivity contribution in [1.29, 1.82) is 5.26 Å². The first-order valence-electron chi connectivity index (χ1n) is 11.7. The molecule has 38 heavy (non-hydrogen) atoms. The van der Waals surface area contributed by atoms with Crippen LogP contribution in [0.25, 0.3) is 11.1 Å². The molecule has 0 aliphatic carbocycles. The molecule has 194 valence electrons. The summed E-state index contributed by atoms with van der Waals surface area (Å²) >= 11 is 4.78. The number of amides is 2. The highest BCUT2D eigenvalue weighted by Crippen LogP contribution is 2.35. The fourth-order valence-corrected chi connectivity index (χ4v) is 4.59. The van der Waals surface area contributed by atoms with Crippen molar-refractivity contribution in [3.63, 3.8) is 0 Å². The van der Waals surface area contributed by atoms with Crippen molar-refractivity contribution in [3.05, 3.63) is 65.6 Å². The van der Waals surface area contributed by atoms with E-state index >= 15 is 0 Å². The van der Waals surface area contributed by atoms with Crippen LogP contribution in [0.2, 0.25) is 0 Å². The molecular weight excluding hydrogens is 518 g/mol. The molecule has 0 saturated carbocycles. The summed E-state index contributed by atoms with van der Waals surface area (Å²) < 4.78 is 30.0. The van der Waals surface area contributed by atoms with Gasteiger partial charge in [-0.25, -0.2) is 4.98 Å². The molecule has 3 aromatic rings. The van der Waals surface area contributed by atoms with Crippen LogP contribution in [-0.4, -0.2) is 52.4 Å². The zero-order chi connectivity index (χ0) is 27.0. The predicted molar refractivity (Wildman–Crippen MR) is 135 cm³/mol. The average Bonchev–Trinajstić information content (AvgIpc) is 3.48. The second-order valence-corrected chi connectivity index (χ2v) is 9.50. The standard InChI is InChI=1S/C26H21ClF2N6O3/c1-34-14-22-21(25(34)37)8-16(11-31-22)20-9-17(12-32-23(20)35-7-6-15(10-30)13-35)24(36)33-18-2-4-19(5-3-18)38-26(27,28)29/h2-5,8-9,11-12,15H,6-7,13-14H2,1H3,(H,33,36)/t15-/m0/s1. The molecule has 0 bridgehead atoms. The first kappa shape index (κ1) is 25.4. The van der Waals surface area contributed by atoms with Crippen LogP contribution < -0.4 is 15.0 Å². The lowest BCUT2D eigenvalue weighted by Crippen LogP contribution is -2.22. The molecule has 2 aliphatic rings. The molecule has 1 fully saturated rings. The zero-order valence-corrected chi connectivity index (χ0v) is 20.9. The number of anilines is 2. The number of alkyl halides is 3. The van der Waals surface area contributed by atoms with Gasteiger partial charge >= 0.3 is 5.57 Å². The van der Waals surface area contributed by atoms with Crippen LogP contribution >= 0.6 is 11.6 Å². The van der Waals surface area contributed by atoms with E-state index in [0.717, 1.165) is 0 Å². The number of nitrogens with zero attached hydrogens (tertiary/aromatic N) is 5. The maximum absolute atomic E-state index is 13.1. The minimum absolute atomic E-state index is 0.133. The Kier molecular flexibility index (Phi) is 6.59. The van der Waals surface area contributed by atoms with Gasteiger partial charge in [-0.3, -0.25) is 14.6 Å². The molecule has 9 nitrogen and oxygen atoms in total. The SMILES string of the molecule is CN1Cc2ncc(-c3cc(C(=O)Nc4ccc(OC(F)(F)Cl)cc4)cnc3N3CC[C@@H](C#N)C3)cc2C1=O. The number of hydrogen-bond acceptors (Lipinski definition) is 7. The van der Waals surface area contributed by atoms with Crippen LogP contribution in [0, 0.1) is 17.2 Å². The van der Waals surface area contributed by atoms with Crippen molar-refractivity contribution >= 4 is 34.9 Å². The Morgan fingerprint density at radius 1 is 1.21 bits per heavy atom. The van der Waals surface area contributed by atoms with Crippen LogP contribution in [0.15, 0.2) is 48.8 Å². The van der Waals surface area contributed by atoms with E-state index in [9.17, 15) is 23.6 Å². The Balaban J connectivity index is 1.46. The highest BCUT2D eigenvalue weighted by Gasteiger charge is 2.30. The number of nitriles is 1. The van der Waals surface area contributed by atoms with Gasteiger partial charge in [-0.05, 0) is 42.8 Å². The first-order chi connectivity index (χ1) is 18.1. The second kappa shape index (κ2) is 9.87. The highest BCUT2D eigenvalue weighted by atomic mass is 35.5. The summed E-state index contributed by atoms with van der Waals surface area (Å²) in [5.74, 6) is -0.331. The van der Waals surface area contributed by atoms with Gasteiger partial charge in [0.15, 0.2) is 0 Å². The van der Waals surface area contributed by atoms with Crippen molar-refractivity contribution in [2.75, 3.05) is 30.4 Å². The van der Waals surface area contributed by atoms with Gasteiger partial charge in [0, 0.05) is 60.9 Å². The van der Waals surface area contributed by atoms with Gasteiger partial charge in [-0.15, -0.1) is 8.78 Å². The van der Waals surface area contributed by atoms with Crippen molar-refractivity contribution in [2.24, 2.45) is 5.92 Å². The molecule has 5 rings (SSSR count). The first-order valence-corrected chi connectivity index (χ1v) is 12.1. The Hall–Kier alpha value is -4.30. The zero-order valence-electron chi connectivity index (χ0n) is 20.1. The van der Waals surface area contributed by atoms with Crippen LogP contribution in [0.3, 0.4) is 0 Å². The van der Waals surface area contributed by atoms with Crippen LogP contribution in [-0.2, 0) is 6.54 Å². The number of halogens is 3. The molecule has 1 atom stereocenters. The number of benzene rings is 1. The number of carbonyl (C=O) groups excluding carboxylic acids is 2. The van der Waals surface area contributed by atoms with Gasteiger partial charge in [-0.2, -0.15) is 5.26 Å². The fraction of sp³-hybridized carbons (Fsp3) is 0.269. The maximum Gasteiger partial charge on any atom is 0.487 e. The lowest BCUT2D eigenvalue weighted by molar-refractivity contribution is -0.0964. The predicted octanol–water partition coefficient (Wildman–Crippen LogP) is 4.50. The summed E-state index contributed by atoms with van der Waals surface area (Å²) in [5.41, 5.74) is -0.882. The number of fused-ring (bicyclic) bond motifs is 1. The normalized spacial score (nSPS) is 16.8. The van der Waals surface area contributed by atoms with Crippen molar-refractivity contribution < 1.29 is 23.1 Å². The van der Waals surface area contributed by atoms with Crippen LogP contribution in [0.5, 0.6) is 5.75 Å². The number of nitrogens with one attached hydrogen (secondary N) is 1. The topological polar surface area (TPSA) is 111 Å². The molecule has 2 aromatic heterocycles. The van der Waals surface area contributed by atoms with Crippen LogP contribution in [0.1, 0.15) is 32.8 Å². The van der Waals surface area contributed by atoms with Gasteiger partial charge in [0.05, 0.1) is 35.4 Å². The summed E-state index contributed by atoms with van der Waals surface area (Å²) in [5, 5.41) is 12.1. The molecule has 1 saturated heterocycles. The number of carbonyl (C=O) groups is 2. The Morgan fingerprint density at radius 3 is 2.66 bits per heavy atom. The largest absolute Gasteiger partial charge is 0.487 e. The molecule has 1 aromatic carbocycles. The molecular formula is C26H21ClF2N6O3. The number of ether oxygens (including phenoxy) is 1. The Morgan fingerprint density at radius 2 is 1.97 bits per heavy atom. The third-order valence-corrected chi connectivity index (χ3v) is 6.47. The third-order valence-electron chi connectivity index (χ3n) is 6.39. The van der Waals surface area contributed by atoms with E-state index in [1.807, 2.05) is 4.90 Å². The van der Waals surface area contributed by atoms with Crippen molar-refractivity contribution in [1.82, 2.24) is 14.9 Å². The Labute approximate surface area is 221 Å². The number of rotatable bonds is 6. The summed E-state index contributed by atoms with van der Waals surface area (Å²) in [6.45, 7) is 1.54. The van der Waals surface area contributed by atoms with Crippen LogP contribution in [0.4, 0.5) is 20.3 Å². The quantitative estimate of drug-likeness (QED) is 0.460. The molecule has 1 N–H and O–H groups in total. The average molecular weight is 539 g/mol. The minimum atomic E-state index is -3.84. The van der Waals surface area contributed by atoms with E-state index in [2.05, 4.69) is 26.1 Å². The summed E-state index contributed by atoms with van der Waals surface area (Å²) in [6, 6.07) is 11.0. The van der Waals surface area contributed by atoms with E-state index in [0.29, 0.717) is 59.9 Å². The lowest BCUT2D eigenvalue weighted by atomic mass is 10.0. The molecule has 4 heterocycles. The van der Waals surface area contributed by atoms with Crippen molar-refractivity contribution in [2.45, 2.75) is 18.5 Å². The molecule has 0 radical (unpaired) electrons. The van der Waals surface area contributed by atoms with E-state index in [4.69, 9.17) is 11.6 Å². The summed E-state index contributed by atoms with van der Waals surface area (Å²) in [4.78, 5) is 38.3. The van der Waals surface area contributed by atoms with Gasteiger partial charge < -0.3 is 19.9 Å². The van der Waals surface area contributed by atoms with E-state index in [-0.39, 0.29) is 23.1 Å². The molecule has 2 amide bonds. The number of aromatic nitrogens is 2. The molecule has 0 spiro atoms. The van der Waals surface area contributed by atoms with Gasteiger partial charge in [0.25, 0.3) is 11.8 Å². The summed E-state index contributed by atoms with van der Waals surface area (Å²) in [6.07, 6.45) is 3.77. The maximum atomic E-state index is 13.1. The smallest absolute Gasteiger partial charge is 0.420 e. The monoisotopic (exact) mass is 538 g/mol. The number of pyridine rings is 2. The lowest BCUT2D eigenvalue weighted by Gasteiger charge is -2.21. The summed E-state index contributed by atoms with van der Waals surface area (Å²) in [7, 11) is 1.70. The fourth-order valence-electron chi connectivity index (χ4n) is 4.50. The van der Waals surface area contributed by atoms with E-state index in [1.165, 1.54) is 30.5 Å². The van der Waals surface area contributed by atoms with Gasteiger partial charge in [-0.1, -0.05) is 0 Å². The van der Waals surface area contributed by atoms with Gasteiger partial charge in [0.1, 0.15) is 11.6 Å². The highest BCUT2D eigenvalue weighted by molar-refractivity contribution is 6.20. The van der Waals surface area contributed by atoms with Gasteiger partial charge in [0.2, 0.25) is 0 Å². The van der Waals surface area contributed by atoms with E-state index in [1.54, 1.807) is 30.3 Å². The number of hydrogen-bond donors (Lipinski definition) is 1. The van der Waals surface area contributed by atoms with E-state index < -0.39 is 11.5 Å². The second-order valence-electron chi connectivity index (χ2n) is 9.06. The van der Waals surface area contributed by atoms with Crippen molar-refractivity contribution in [3.8, 4) is 22.9 Å². The molecule has 2 aliphatic heterocycles. The molecule has 0 unspecified atom stereocenters. The minimum Gasteiger partial charge on any atom is -0.420 e. The Bertz CT molecular complexity index is 1450.